The lowest BCUT2D eigenvalue weighted by Crippen LogP contribution is -2.59. The van der Waals surface area contributed by atoms with Crippen LogP contribution < -0.4 is 5.73 Å². The molecule has 3 aliphatic heterocycles. The molecular formula is C22H38N6O6. The second-order valence-corrected chi connectivity index (χ2v) is 10.3. The number of ether oxygens (including phenoxy) is 2. The Balaban J connectivity index is 1.61. The summed E-state index contributed by atoms with van der Waals surface area (Å²) in [5.41, 5.74) is 5.18. The first kappa shape index (κ1) is 26.0. The number of piperidine rings is 1. The van der Waals surface area contributed by atoms with Crippen LogP contribution in [0.5, 0.6) is 0 Å². The molecule has 3 saturated heterocycles. The second-order valence-electron chi connectivity index (χ2n) is 10.3. The predicted molar refractivity (Wildman–Crippen MR) is 123 cm³/mol. The number of carboxylic acids is 1. The Labute approximate surface area is 200 Å². The van der Waals surface area contributed by atoms with Crippen molar-refractivity contribution in [3.8, 4) is 0 Å². The van der Waals surface area contributed by atoms with Crippen LogP contribution in [0.2, 0.25) is 0 Å². The fraction of sp³-hybridized carbons (Fsp3) is 0.818. The first-order valence-electron chi connectivity index (χ1n) is 11.9. The van der Waals surface area contributed by atoms with Gasteiger partial charge in [-0.1, -0.05) is 0 Å². The maximum absolute atomic E-state index is 12.9. The fourth-order valence-electron chi connectivity index (χ4n) is 4.96. The molecule has 0 aromatic rings. The van der Waals surface area contributed by atoms with Gasteiger partial charge >= 0.3 is 18.2 Å². The normalized spacial score (nSPS) is 29.1. The summed E-state index contributed by atoms with van der Waals surface area (Å²) in [5, 5.41) is 16.9. The number of nitrogens with zero attached hydrogens (tertiary/aromatic N) is 4. The summed E-state index contributed by atoms with van der Waals surface area (Å²) in [6.45, 7) is 11.0. The molecule has 4 unspecified atom stereocenters. The molecule has 12 nitrogen and oxygen atoms in total. The Kier molecular flexibility index (Phi) is 7.91. The van der Waals surface area contributed by atoms with E-state index in [-0.39, 0.29) is 24.3 Å². The Morgan fingerprint density at radius 3 is 2.41 bits per heavy atom. The molecule has 3 aliphatic rings. The van der Waals surface area contributed by atoms with Crippen LogP contribution in [-0.4, -0.2) is 118 Å². The number of carbonyl (C=O) groups excluding carboxylic acids is 2. The monoisotopic (exact) mass is 482 g/mol. The molecule has 192 valence electrons. The van der Waals surface area contributed by atoms with Gasteiger partial charge in [0, 0.05) is 45.3 Å². The average Bonchev–Trinajstić information content (AvgIpc) is 3.04. The summed E-state index contributed by atoms with van der Waals surface area (Å²) in [4.78, 5) is 43.8. The van der Waals surface area contributed by atoms with Crippen LogP contribution in [0.3, 0.4) is 0 Å². The highest BCUT2D eigenvalue weighted by molar-refractivity contribution is 5.87. The molecule has 3 fully saturated rings. The topological polar surface area (TPSA) is 153 Å². The van der Waals surface area contributed by atoms with Crippen molar-refractivity contribution in [2.75, 3.05) is 39.3 Å². The number of nitrogens with one attached hydrogen (secondary N) is 1. The summed E-state index contributed by atoms with van der Waals surface area (Å²) in [5.74, 6) is -0.942. The van der Waals surface area contributed by atoms with Crippen molar-refractivity contribution in [3.63, 3.8) is 0 Å². The predicted octanol–water partition coefficient (Wildman–Crippen LogP) is 0.950. The maximum Gasteiger partial charge on any atom is 0.412 e. The minimum atomic E-state index is -0.807. The first-order valence-corrected chi connectivity index (χ1v) is 11.9. The molecule has 0 aliphatic carbocycles. The molecule has 4 N–H and O–H groups in total. The third-order valence-corrected chi connectivity index (χ3v) is 6.65. The number of nitrogens with two attached hydrogens (primary N) is 1. The third-order valence-electron chi connectivity index (χ3n) is 6.65. The Morgan fingerprint density at radius 2 is 1.85 bits per heavy atom. The number of hydrogen-bond donors (Lipinski definition) is 3. The highest BCUT2D eigenvalue weighted by Crippen LogP contribution is 2.32. The smallest absolute Gasteiger partial charge is 0.412 e. The summed E-state index contributed by atoms with van der Waals surface area (Å²) in [7, 11) is 0. The van der Waals surface area contributed by atoms with E-state index in [1.807, 2.05) is 6.92 Å². The van der Waals surface area contributed by atoms with E-state index >= 15 is 0 Å². The van der Waals surface area contributed by atoms with E-state index in [9.17, 15) is 14.4 Å². The van der Waals surface area contributed by atoms with Gasteiger partial charge in [0.15, 0.2) is 6.23 Å². The Bertz CT molecular complexity index is 793. The standard InChI is InChI=1S/C22H38N6O6/c1-14-19(26-11-9-25(10-12-26)7-6-17(29)30)33-21(32)28(14)15-5-8-27(16(13-15)18(23)24)20(31)34-22(2,3)4/h14-16,19H,5-13H2,1-4H3,(H3,23,24)(H,29,30). The van der Waals surface area contributed by atoms with Crippen LogP contribution in [0.15, 0.2) is 0 Å². The number of piperazine rings is 1. The van der Waals surface area contributed by atoms with Crippen molar-refractivity contribution in [2.45, 2.75) is 76.9 Å². The number of rotatable bonds is 6. The van der Waals surface area contributed by atoms with Gasteiger partial charge in [0.1, 0.15) is 11.4 Å². The number of likely N-dealkylation sites (tertiary alicyclic amines) is 1. The number of hydrogen-bond acceptors (Lipinski definition) is 8. The summed E-state index contributed by atoms with van der Waals surface area (Å²) in [6, 6.07) is -1.06. The lowest BCUT2D eigenvalue weighted by Gasteiger charge is -2.43. The zero-order chi connectivity index (χ0) is 25.2. The van der Waals surface area contributed by atoms with Gasteiger partial charge in [-0.25, -0.2) is 9.59 Å². The first-order chi connectivity index (χ1) is 15.9. The van der Waals surface area contributed by atoms with Crippen LogP contribution >= 0.6 is 0 Å². The molecule has 3 heterocycles. The molecule has 0 radical (unpaired) electrons. The SMILES string of the molecule is CC1C(N2CCN(CCC(=O)O)CC2)OC(=O)N1C1CCN(C(=O)OC(C)(C)C)C(C(=N)N)C1. The van der Waals surface area contributed by atoms with E-state index in [2.05, 4.69) is 9.80 Å². The molecule has 0 aromatic carbocycles. The molecule has 4 atom stereocenters. The van der Waals surface area contributed by atoms with E-state index < -0.39 is 36.0 Å². The van der Waals surface area contributed by atoms with Crippen LogP contribution in [-0.2, 0) is 14.3 Å². The van der Waals surface area contributed by atoms with Crippen molar-refractivity contribution in [1.29, 1.82) is 5.41 Å². The quantitative estimate of drug-likeness (QED) is 0.371. The number of carbonyl (C=O) groups is 3. The molecule has 0 aromatic heterocycles. The number of carboxylic acid groups (broad SMARTS) is 1. The van der Waals surface area contributed by atoms with E-state index in [4.69, 9.17) is 25.7 Å². The van der Waals surface area contributed by atoms with Gasteiger partial charge in [0.2, 0.25) is 0 Å². The van der Waals surface area contributed by atoms with Crippen molar-refractivity contribution < 1.29 is 29.0 Å². The van der Waals surface area contributed by atoms with Gasteiger partial charge < -0.3 is 25.2 Å². The molecule has 12 heteroatoms. The van der Waals surface area contributed by atoms with Gasteiger partial charge in [0.05, 0.1) is 18.5 Å². The van der Waals surface area contributed by atoms with Crippen LogP contribution in [0, 0.1) is 5.41 Å². The second kappa shape index (κ2) is 10.3. The highest BCUT2D eigenvalue weighted by atomic mass is 16.6. The summed E-state index contributed by atoms with van der Waals surface area (Å²) < 4.78 is 11.2. The number of cyclic esters (lactones) is 1. The Hall–Kier alpha value is -2.60. The van der Waals surface area contributed by atoms with Crippen LogP contribution in [0.1, 0.15) is 47.0 Å². The zero-order valence-electron chi connectivity index (χ0n) is 20.5. The molecule has 0 bridgehead atoms. The highest BCUT2D eigenvalue weighted by Gasteiger charge is 2.48. The van der Waals surface area contributed by atoms with E-state index in [1.165, 1.54) is 4.90 Å². The van der Waals surface area contributed by atoms with E-state index in [0.29, 0.717) is 39.0 Å². The van der Waals surface area contributed by atoms with Gasteiger partial charge in [-0.3, -0.25) is 24.9 Å². The van der Waals surface area contributed by atoms with Gasteiger partial charge in [-0.2, -0.15) is 0 Å². The van der Waals surface area contributed by atoms with Gasteiger partial charge in [0.25, 0.3) is 0 Å². The Morgan fingerprint density at radius 1 is 1.21 bits per heavy atom. The van der Waals surface area contributed by atoms with Crippen LogP contribution in [0.4, 0.5) is 9.59 Å². The van der Waals surface area contributed by atoms with Crippen molar-refractivity contribution in [2.24, 2.45) is 5.73 Å². The van der Waals surface area contributed by atoms with Crippen molar-refractivity contribution in [3.05, 3.63) is 0 Å². The zero-order valence-corrected chi connectivity index (χ0v) is 20.5. The van der Waals surface area contributed by atoms with Crippen molar-refractivity contribution >= 4 is 24.0 Å². The molecule has 2 amide bonds. The van der Waals surface area contributed by atoms with Gasteiger partial charge in [-0.05, 0) is 40.5 Å². The molecule has 3 rings (SSSR count). The maximum atomic E-state index is 12.9. The average molecular weight is 483 g/mol. The number of aliphatic carboxylic acids is 1. The minimum Gasteiger partial charge on any atom is -0.481 e. The molecule has 0 saturated carbocycles. The largest absolute Gasteiger partial charge is 0.481 e. The van der Waals surface area contributed by atoms with E-state index in [0.717, 1.165) is 13.1 Å². The number of amides is 2. The summed E-state index contributed by atoms with van der Waals surface area (Å²) >= 11 is 0. The van der Waals surface area contributed by atoms with E-state index in [1.54, 1.807) is 25.7 Å². The summed E-state index contributed by atoms with van der Waals surface area (Å²) in [6.07, 6.45) is -0.302. The minimum absolute atomic E-state index is 0.113. The molecular weight excluding hydrogens is 444 g/mol. The lowest BCUT2D eigenvalue weighted by molar-refractivity contribution is -0.137. The van der Waals surface area contributed by atoms with Crippen molar-refractivity contribution in [1.82, 2.24) is 19.6 Å². The van der Waals surface area contributed by atoms with Gasteiger partial charge in [-0.15, -0.1) is 0 Å². The third kappa shape index (κ3) is 6.09. The number of amidine groups is 1. The molecule has 0 spiro atoms. The lowest BCUT2D eigenvalue weighted by atomic mass is 9.94. The molecule has 34 heavy (non-hydrogen) atoms. The fourth-order valence-corrected chi connectivity index (χ4v) is 4.96. The van der Waals surface area contributed by atoms with Crippen LogP contribution in [0.25, 0.3) is 0 Å².